The number of amides is 1. The van der Waals surface area contributed by atoms with E-state index < -0.39 is 16.1 Å². The highest BCUT2D eigenvalue weighted by Crippen LogP contribution is 2.14. The minimum Gasteiger partial charge on any atom is -0.392 e. The standard InChI is InChI=1S/C18H22N2O4S/c1-3-14-4-8-16(9-5-14)20-18(22)15-6-10-17(11-7-15)25(23,24)19-12-13(2)21/h4-11,13,19,21H,3,12H2,1-2H3,(H,20,22). The maximum absolute atomic E-state index is 12.2. The van der Waals surface area contributed by atoms with E-state index in [2.05, 4.69) is 17.0 Å². The number of anilines is 1. The van der Waals surface area contributed by atoms with Gasteiger partial charge in [-0.1, -0.05) is 19.1 Å². The van der Waals surface area contributed by atoms with Gasteiger partial charge in [-0.05, 0) is 55.3 Å². The number of aliphatic hydroxyl groups excluding tert-OH is 1. The summed E-state index contributed by atoms with van der Waals surface area (Å²) in [6, 6.07) is 13.2. The number of aryl methyl sites for hydroxylation is 1. The topological polar surface area (TPSA) is 95.5 Å². The Labute approximate surface area is 147 Å². The Morgan fingerprint density at radius 3 is 2.20 bits per heavy atom. The number of carbonyl (C=O) groups is 1. The molecule has 0 fully saturated rings. The molecule has 2 aromatic carbocycles. The molecule has 25 heavy (non-hydrogen) atoms. The molecule has 3 N–H and O–H groups in total. The van der Waals surface area contributed by atoms with Crippen LogP contribution in [-0.2, 0) is 16.4 Å². The molecule has 1 atom stereocenters. The Hall–Kier alpha value is -2.22. The molecular weight excluding hydrogens is 340 g/mol. The van der Waals surface area contributed by atoms with E-state index in [0.717, 1.165) is 6.42 Å². The van der Waals surface area contributed by atoms with E-state index in [4.69, 9.17) is 0 Å². The molecule has 0 saturated heterocycles. The molecule has 6 nitrogen and oxygen atoms in total. The van der Waals surface area contributed by atoms with Crippen LogP contribution in [0.25, 0.3) is 0 Å². The van der Waals surface area contributed by atoms with Gasteiger partial charge in [0.1, 0.15) is 0 Å². The summed E-state index contributed by atoms with van der Waals surface area (Å²) in [5.41, 5.74) is 2.21. The van der Waals surface area contributed by atoms with Crippen LogP contribution in [-0.4, -0.2) is 32.1 Å². The van der Waals surface area contributed by atoms with Gasteiger partial charge in [-0.15, -0.1) is 0 Å². The lowest BCUT2D eigenvalue weighted by molar-refractivity contribution is 0.102. The highest BCUT2D eigenvalue weighted by Gasteiger charge is 2.15. The van der Waals surface area contributed by atoms with Gasteiger partial charge in [0.2, 0.25) is 10.0 Å². The minimum absolute atomic E-state index is 0.0389. The first-order valence-corrected chi connectivity index (χ1v) is 9.48. The molecule has 0 aliphatic rings. The molecule has 1 amide bonds. The van der Waals surface area contributed by atoms with Crippen molar-refractivity contribution in [1.29, 1.82) is 0 Å². The zero-order chi connectivity index (χ0) is 18.4. The highest BCUT2D eigenvalue weighted by molar-refractivity contribution is 7.89. The lowest BCUT2D eigenvalue weighted by Crippen LogP contribution is -2.30. The van der Waals surface area contributed by atoms with E-state index in [-0.39, 0.29) is 17.3 Å². The van der Waals surface area contributed by atoms with Crippen LogP contribution in [0.3, 0.4) is 0 Å². The quantitative estimate of drug-likeness (QED) is 0.703. The first kappa shape index (κ1) is 19.1. The highest BCUT2D eigenvalue weighted by atomic mass is 32.2. The second kappa shape index (κ2) is 8.24. The number of sulfonamides is 1. The van der Waals surface area contributed by atoms with Crippen molar-refractivity contribution in [3.8, 4) is 0 Å². The molecule has 0 bridgehead atoms. The van der Waals surface area contributed by atoms with Crippen LogP contribution < -0.4 is 10.0 Å². The van der Waals surface area contributed by atoms with Crippen molar-refractivity contribution in [3.05, 3.63) is 59.7 Å². The largest absolute Gasteiger partial charge is 0.392 e. The second-order valence-electron chi connectivity index (χ2n) is 5.73. The van der Waals surface area contributed by atoms with Crippen molar-refractivity contribution in [2.24, 2.45) is 0 Å². The number of carbonyl (C=O) groups excluding carboxylic acids is 1. The van der Waals surface area contributed by atoms with Gasteiger partial charge < -0.3 is 10.4 Å². The summed E-state index contributed by atoms with van der Waals surface area (Å²) in [4.78, 5) is 12.3. The zero-order valence-corrected chi connectivity index (χ0v) is 15.0. The number of nitrogens with one attached hydrogen (secondary N) is 2. The maximum Gasteiger partial charge on any atom is 0.255 e. The first-order chi connectivity index (χ1) is 11.8. The Morgan fingerprint density at radius 2 is 1.68 bits per heavy atom. The van der Waals surface area contributed by atoms with Gasteiger partial charge in [0.25, 0.3) is 5.91 Å². The first-order valence-electron chi connectivity index (χ1n) is 8.00. The third-order valence-corrected chi connectivity index (χ3v) is 5.06. The average molecular weight is 362 g/mol. The predicted octanol–water partition coefficient (Wildman–Crippen LogP) is 2.16. The normalized spacial score (nSPS) is 12.6. The molecule has 0 saturated carbocycles. The molecule has 134 valence electrons. The van der Waals surface area contributed by atoms with E-state index >= 15 is 0 Å². The smallest absolute Gasteiger partial charge is 0.255 e. The molecule has 0 aliphatic heterocycles. The molecule has 2 aromatic rings. The lowest BCUT2D eigenvalue weighted by Gasteiger charge is -2.09. The summed E-state index contributed by atoms with van der Waals surface area (Å²) < 4.78 is 26.4. The van der Waals surface area contributed by atoms with Crippen molar-refractivity contribution >= 4 is 21.6 Å². The lowest BCUT2D eigenvalue weighted by atomic mass is 10.1. The summed E-state index contributed by atoms with van der Waals surface area (Å²) in [6.45, 7) is 3.47. The summed E-state index contributed by atoms with van der Waals surface area (Å²) >= 11 is 0. The fourth-order valence-electron chi connectivity index (χ4n) is 2.13. The van der Waals surface area contributed by atoms with Crippen LogP contribution in [0.4, 0.5) is 5.69 Å². The maximum atomic E-state index is 12.2. The van der Waals surface area contributed by atoms with E-state index in [1.807, 2.05) is 24.3 Å². The van der Waals surface area contributed by atoms with Crippen molar-refractivity contribution in [2.75, 3.05) is 11.9 Å². The van der Waals surface area contributed by atoms with Gasteiger partial charge in [0.15, 0.2) is 0 Å². The fraction of sp³-hybridized carbons (Fsp3) is 0.278. The van der Waals surface area contributed by atoms with Gasteiger partial charge in [-0.2, -0.15) is 0 Å². The van der Waals surface area contributed by atoms with Gasteiger partial charge in [-0.3, -0.25) is 4.79 Å². The molecule has 1 unspecified atom stereocenters. The molecule has 0 heterocycles. The Kier molecular flexibility index (Phi) is 6.30. The van der Waals surface area contributed by atoms with Crippen molar-refractivity contribution in [1.82, 2.24) is 4.72 Å². The van der Waals surface area contributed by atoms with Crippen LogP contribution in [0.1, 0.15) is 29.8 Å². The third kappa shape index (κ3) is 5.38. The number of hydrogen-bond acceptors (Lipinski definition) is 4. The number of rotatable bonds is 7. The Morgan fingerprint density at radius 1 is 1.08 bits per heavy atom. The molecular formula is C18H22N2O4S. The number of hydrogen-bond donors (Lipinski definition) is 3. The van der Waals surface area contributed by atoms with Crippen LogP contribution in [0.5, 0.6) is 0 Å². The predicted molar refractivity (Wildman–Crippen MR) is 97.1 cm³/mol. The summed E-state index contributed by atoms with van der Waals surface area (Å²) in [5.74, 6) is -0.315. The molecule has 0 aromatic heterocycles. The fourth-order valence-corrected chi connectivity index (χ4v) is 3.25. The second-order valence-corrected chi connectivity index (χ2v) is 7.50. The van der Waals surface area contributed by atoms with Crippen LogP contribution in [0.15, 0.2) is 53.4 Å². The van der Waals surface area contributed by atoms with E-state index in [0.29, 0.717) is 11.3 Å². The summed E-state index contributed by atoms with van der Waals surface area (Å²) in [7, 11) is -3.71. The molecule has 0 radical (unpaired) electrons. The molecule has 7 heteroatoms. The molecule has 0 aliphatic carbocycles. The van der Waals surface area contributed by atoms with Crippen LogP contribution in [0, 0.1) is 0 Å². The molecule has 2 rings (SSSR count). The number of aliphatic hydroxyl groups is 1. The van der Waals surface area contributed by atoms with Crippen LogP contribution >= 0.6 is 0 Å². The minimum atomic E-state index is -3.71. The van der Waals surface area contributed by atoms with Crippen molar-refractivity contribution in [2.45, 2.75) is 31.3 Å². The van der Waals surface area contributed by atoms with Crippen molar-refractivity contribution < 1.29 is 18.3 Å². The van der Waals surface area contributed by atoms with E-state index in [1.165, 1.54) is 36.8 Å². The summed E-state index contributed by atoms with van der Waals surface area (Å²) in [6.07, 6.45) is 0.145. The number of benzene rings is 2. The van der Waals surface area contributed by atoms with Gasteiger partial charge in [0.05, 0.1) is 11.0 Å². The molecule has 0 spiro atoms. The monoisotopic (exact) mass is 362 g/mol. The van der Waals surface area contributed by atoms with Gasteiger partial charge >= 0.3 is 0 Å². The zero-order valence-electron chi connectivity index (χ0n) is 14.2. The Bertz CT molecular complexity index is 813. The average Bonchev–Trinajstić information content (AvgIpc) is 2.61. The van der Waals surface area contributed by atoms with E-state index in [1.54, 1.807) is 0 Å². The van der Waals surface area contributed by atoms with Gasteiger partial charge in [0, 0.05) is 17.8 Å². The van der Waals surface area contributed by atoms with Gasteiger partial charge in [-0.25, -0.2) is 13.1 Å². The van der Waals surface area contributed by atoms with Crippen LogP contribution in [0.2, 0.25) is 0 Å². The van der Waals surface area contributed by atoms with Crippen molar-refractivity contribution in [3.63, 3.8) is 0 Å². The Balaban J connectivity index is 2.06. The van der Waals surface area contributed by atoms with E-state index in [9.17, 15) is 18.3 Å². The summed E-state index contributed by atoms with van der Waals surface area (Å²) in [5, 5.41) is 11.9. The third-order valence-electron chi connectivity index (χ3n) is 3.62. The SMILES string of the molecule is CCc1ccc(NC(=O)c2ccc(S(=O)(=O)NCC(C)O)cc2)cc1.